The Hall–Kier alpha value is -1.53. The van der Waals surface area contributed by atoms with Gasteiger partial charge in [-0.25, -0.2) is 0 Å². The molecule has 2 N–H and O–H groups in total. The first-order valence-corrected chi connectivity index (χ1v) is 7.73. The maximum Gasteiger partial charge on any atom is 0.191 e. The van der Waals surface area contributed by atoms with Gasteiger partial charge in [-0.1, -0.05) is 30.0 Å². The monoisotopic (exact) mass is 290 g/mol. The summed E-state index contributed by atoms with van der Waals surface area (Å²) in [5, 5.41) is 9.25. The standard InChI is InChI=1S/C14H18N4OS/c1-10-16-17-14(18(10)7-6-15)20-9-12-8-11-4-2-3-5-13(11)19-12/h2-5,12H,6-9,15H2,1H3. The minimum absolute atomic E-state index is 0.209. The molecule has 0 aliphatic carbocycles. The summed E-state index contributed by atoms with van der Waals surface area (Å²) in [6.07, 6.45) is 1.17. The maximum absolute atomic E-state index is 5.93. The number of benzene rings is 1. The van der Waals surface area contributed by atoms with Crippen LogP contribution in [0.2, 0.25) is 0 Å². The highest BCUT2D eigenvalue weighted by atomic mass is 32.2. The molecule has 1 aromatic heterocycles. The van der Waals surface area contributed by atoms with Gasteiger partial charge in [0.25, 0.3) is 0 Å². The van der Waals surface area contributed by atoms with E-state index >= 15 is 0 Å². The van der Waals surface area contributed by atoms with Crippen molar-refractivity contribution in [3.63, 3.8) is 0 Å². The number of aryl methyl sites for hydroxylation is 1. The molecule has 1 aromatic carbocycles. The van der Waals surface area contributed by atoms with Gasteiger partial charge in [0, 0.05) is 25.3 Å². The van der Waals surface area contributed by atoms with Crippen LogP contribution in [-0.2, 0) is 13.0 Å². The van der Waals surface area contributed by atoms with Gasteiger partial charge in [0.15, 0.2) is 5.16 Å². The van der Waals surface area contributed by atoms with E-state index in [2.05, 4.69) is 26.9 Å². The molecule has 0 saturated carbocycles. The average Bonchev–Trinajstić information content (AvgIpc) is 3.02. The van der Waals surface area contributed by atoms with Crippen molar-refractivity contribution in [1.29, 1.82) is 0 Å². The van der Waals surface area contributed by atoms with Gasteiger partial charge in [-0.15, -0.1) is 10.2 Å². The van der Waals surface area contributed by atoms with E-state index < -0.39 is 0 Å². The summed E-state index contributed by atoms with van der Waals surface area (Å²) in [7, 11) is 0. The minimum atomic E-state index is 0.209. The number of ether oxygens (including phenoxy) is 1. The van der Waals surface area contributed by atoms with E-state index in [4.69, 9.17) is 10.5 Å². The first-order chi connectivity index (χ1) is 9.78. The van der Waals surface area contributed by atoms with Gasteiger partial charge in [0.2, 0.25) is 0 Å². The molecule has 106 valence electrons. The summed E-state index contributed by atoms with van der Waals surface area (Å²) in [4.78, 5) is 0. The largest absolute Gasteiger partial charge is 0.489 e. The summed E-state index contributed by atoms with van der Waals surface area (Å²) < 4.78 is 7.99. The van der Waals surface area contributed by atoms with E-state index in [1.54, 1.807) is 11.8 Å². The summed E-state index contributed by atoms with van der Waals surface area (Å²) in [6.45, 7) is 3.30. The zero-order valence-electron chi connectivity index (χ0n) is 11.5. The molecular weight excluding hydrogens is 272 g/mol. The number of nitrogens with two attached hydrogens (primary N) is 1. The van der Waals surface area contributed by atoms with E-state index in [1.165, 1.54) is 5.56 Å². The van der Waals surface area contributed by atoms with Crippen LogP contribution in [0.15, 0.2) is 29.4 Å². The fourth-order valence-electron chi connectivity index (χ4n) is 2.37. The van der Waals surface area contributed by atoms with Gasteiger partial charge in [0.1, 0.15) is 17.7 Å². The number of thioether (sulfide) groups is 1. The smallest absolute Gasteiger partial charge is 0.191 e. The lowest BCUT2D eigenvalue weighted by Gasteiger charge is -2.11. The normalized spacial score (nSPS) is 17.0. The maximum atomic E-state index is 5.93. The van der Waals surface area contributed by atoms with Crippen LogP contribution in [0.25, 0.3) is 0 Å². The fraction of sp³-hybridized carbons (Fsp3) is 0.429. The van der Waals surface area contributed by atoms with Crippen LogP contribution in [0.5, 0.6) is 5.75 Å². The molecule has 0 bridgehead atoms. The van der Waals surface area contributed by atoms with Gasteiger partial charge in [-0.3, -0.25) is 0 Å². The molecule has 0 radical (unpaired) electrons. The van der Waals surface area contributed by atoms with Crippen molar-refractivity contribution in [2.24, 2.45) is 5.73 Å². The van der Waals surface area contributed by atoms with Gasteiger partial charge < -0.3 is 15.0 Å². The molecule has 1 unspecified atom stereocenters. The quantitative estimate of drug-likeness (QED) is 0.848. The zero-order valence-corrected chi connectivity index (χ0v) is 12.3. The van der Waals surface area contributed by atoms with Crippen LogP contribution in [0.1, 0.15) is 11.4 Å². The Morgan fingerprint density at radius 1 is 1.40 bits per heavy atom. The summed E-state index contributed by atoms with van der Waals surface area (Å²) in [5.41, 5.74) is 6.91. The second kappa shape index (κ2) is 5.85. The molecule has 6 heteroatoms. The van der Waals surface area contributed by atoms with Gasteiger partial charge in [0.05, 0.1) is 0 Å². The molecule has 5 nitrogen and oxygen atoms in total. The van der Waals surface area contributed by atoms with Crippen molar-refractivity contribution >= 4 is 11.8 Å². The Labute approximate surface area is 122 Å². The second-order valence-electron chi connectivity index (χ2n) is 4.83. The van der Waals surface area contributed by atoms with Crippen LogP contribution in [0.3, 0.4) is 0 Å². The molecule has 1 atom stereocenters. The number of fused-ring (bicyclic) bond motifs is 1. The van der Waals surface area contributed by atoms with Crippen molar-refractivity contribution in [3.8, 4) is 5.75 Å². The predicted octanol–water partition coefficient (Wildman–Crippen LogP) is 1.64. The predicted molar refractivity (Wildman–Crippen MR) is 79.1 cm³/mol. The van der Waals surface area contributed by atoms with Gasteiger partial charge in [-0.2, -0.15) is 0 Å². The highest BCUT2D eigenvalue weighted by Crippen LogP contribution is 2.30. The Balaban J connectivity index is 1.61. The van der Waals surface area contributed by atoms with Crippen molar-refractivity contribution in [2.45, 2.75) is 31.1 Å². The molecule has 2 aromatic rings. The summed E-state index contributed by atoms with van der Waals surface area (Å²) in [5.74, 6) is 2.79. The number of para-hydroxylation sites is 1. The number of hydrogen-bond acceptors (Lipinski definition) is 5. The van der Waals surface area contributed by atoms with Crippen LogP contribution in [0, 0.1) is 6.92 Å². The molecule has 0 saturated heterocycles. The van der Waals surface area contributed by atoms with Crippen molar-refractivity contribution < 1.29 is 4.74 Å². The fourth-order valence-corrected chi connectivity index (χ4v) is 3.37. The Morgan fingerprint density at radius 2 is 2.25 bits per heavy atom. The number of nitrogens with zero attached hydrogens (tertiary/aromatic N) is 3. The molecule has 1 aliphatic heterocycles. The van der Waals surface area contributed by atoms with Crippen molar-refractivity contribution in [3.05, 3.63) is 35.7 Å². The van der Waals surface area contributed by atoms with Crippen LogP contribution in [-0.4, -0.2) is 33.2 Å². The van der Waals surface area contributed by atoms with Crippen molar-refractivity contribution in [2.75, 3.05) is 12.3 Å². The lowest BCUT2D eigenvalue weighted by atomic mass is 10.1. The van der Waals surface area contributed by atoms with E-state index in [0.29, 0.717) is 6.54 Å². The lowest BCUT2D eigenvalue weighted by molar-refractivity contribution is 0.259. The SMILES string of the molecule is Cc1nnc(SCC2Cc3ccccc3O2)n1CCN. The first-order valence-electron chi connectivity index (χ1n) is 6.75. The van der Waals surface area contributed by atoms with E-state index in [1.807, 2.05) is 19.1 Å². The van der Waals surface area contributed by atoms with E-state index in [-0.39, 0.29) is 6.10 Å². The number of aromatic nitrogens is 3. The molecule has 0 amide bonds. The molecule has 1 aliphatic rings. The van der Waals surface area contributed by atoms with E-state index in [0.717, 1.165) is 35.4 Å². The van der Waals surface area contributed by atoms with Gasteiger partial charge in [-0.05, 0) is 18.6 Å². The number of hydrogen-bond donors (Lipinski definition) is 1. The van der Waals surface area contributed by atoms with Crippen molar-refractivity contribution in [1.82, 2.24) is 14.8 Å². The third-order valence-electron chi connectivity index (χ3n) is 3.37. The number of rotatable bonds is 5. The molecule has 0 fully saturated rings. The Kier molecular flexibility index (Phi) is 3.93. The lowest BCUT2D eigenvalue weighted by Crippen LogP contribution is -2.17. The molecular formula is C14H18N4OS. The summed E-state index contributed by atoms with van der Waals surface area (Å²) >= 11 is 1.68. The molecule has 20 heavy (non-hydrogen) atoms. The van der Waals surface area contributed by atoms with E-state index in [9.17, 15) is 0 Å². The highest BCUT2D eigenvalue weighted by molar-refractivity contribution is 7.99. The molecule has 3 rings (SSSR count). The summed E-state index contributed by atoms with van der Waals surface area (Å²) in [6, 6.07) is 8.22. The average molecular weight is 290 g/mol. The Morgan fingerprint density at radius 3 is 3.05 bits per heavy atom. The third-order valence-corrected chi connectivity index (χ3v) is 4.47. The second-order valence-corrected chi connectivity index (χ2v) is 5.82. The molecule has 0 spiro atoms. The van der Waals surface area contributed by atoms with Crippen LogP contribution >= 0.6 is 11.8 Å². The van der Waals surface area contributed by atoms with Gasteiger partial charge >= 0.3 is 0 Å². The van der Waals surface area contributed by atoms with Crippen LogP contribution in [0.4, 0.5) is 0 Å². The van der Waals surface area contributed by atoms with Crippen LogP contribution < -0.4 is 10.5 Å². The third kappa shape index (κ3) is 2.66. The first kappa shape index (κ1) is 13.5. The highest BCUT2D eigenvalue weighted by Gasteiger charge is 2.23. The molecule has 2 heterocycles. The topological polar surface area (TPSA) is 66.0 Å². The Bertz CT molecular complexity index is 574. The zero-order chi connectivity index (χ0) is 13.9. The minimum Gasteiger partial charge on any atom is -0.489 e.